The molecular formula is C16H21N7O. The number of aromatic nitrogens is 6. The average molecular weight is 327 g/mol. The molecule has 0 radical (unpaired) electrons. The van der Waals surface area contributed by atoms with Crippen LogP contribution in [0, 0.1) is 6.92 Å². The number of fused-ring (bicyclic) bond motifs is 1. The molecule has 3 aromatic heterocycles. The number of piperidine rings is 1. The molecular weight excluding hydrogens is 306 g/mol. The topological polar surface area (TPSA) is 84.9 Å². The Hall–Kier alpha value is -2.48. The lowest BCUT2D eigenvalue weighted by molar-refractivity contribution is -0.000143. The van der Waals surface area contributed by atoms with Gasteiger partial charge in [-0.3, -0.25) is 4.68 Å². The van der Waals surface area contributed by atoms with Crippen LogP contribution in [0.1, 0.15) is 18.7 Å². The molecule has 4 rings (SSSR count). The summed E-state index contributed by atoms with van der Waals surface area (Å²) in [6.07, 6.45) is 8.57. The molecule has 8 heteroatoms. The van der Waals surface area contributed by atoms with E-state index in [4.69, 9.17) is 0 Å². The van der Waals surface area contributed by atoms with Gasteiger partial charge in [0.05, 0.1) is 30.1 Å². The second-order valence-corrected chi connectivity index (χ2v) is 6.55. The Labute approximate surface area is 139 Å². The van der Waals surface area contributed by atoms with Crippen LogP contribution in [0.4, 0.5) is 5.82 Å². The van der Waals surface area contributed by atoms with Gasteiger partial charge in [-0.25, -0.2) is 15.0 Å². The summed E-state index contributed by atoms with van der Waals surface area (Å²) in [6, 6.07) is 0. The number of rotatable bonds is 3. The molecule has 3 aromatic rings. The summed E-state index contributed by atoms with van der Waals surface area (Å²) in [5, 5.41) is 16.1. The quantitative estimate of drug-likeness (QED) is 0.769. The lowest BCUT2D eigenvalue weighted by Crippen LogP contribution is -2.47. The summed E-state index contributed by atoms with van der Waals surface area (Å²) in [7, 11) is 1.89. The van der Waals surface area contributed by atoms with Crippen LogP contribution < -0.4 is 4.90 Å². The summed E-state index contributed by atoms with van der Waals surface area (Å²) in [5.41, 5.74) is 0.143. The number of hydrogen-bond acceptors (Lipinski definition) is 6. The van der Waals surface area contributed by atoms with Crippen LogP contribution >= 0.6 is 0 Å². The number of imidazole rings is 1. The fourth-order valence-corrected chi connectivity index (χ4v) is 3.37. The normalized spacial score (nSPS) is 17.5. The van der Waals surface area contributed by atoms with E-state index in [1.54, 1.807) is 17.2 Å². The van der Waals surface area contributed by atoms with Crippen LogP contribution in [0.5, 0.6) is 0 Å². The van der Waals surface area contributed by atoms with Crippen molar-refractivity contribution in [2.24, 2.45) is 7.05 Å². The highest BCUT2D eigenvalue weighted by Gasteiger charge is 2.33. The summed E-state index contributed by atoms with van der Waals surface area (Å²) < 4.78 is 3.71. The SMILES string of the molecule is Cc1nc(N2CCC(O)(Cn3ccnc3)CC2)c2cnn(C)c2n1. The molecule has 1 N–H and O–H groups in total. The third kappa shape index (κ3) is 2.62. The molecule has 0 aromatic carbocycles. The van der Waals surface area contributed by atoms with Gasteiger partial charge >= 0.3 is 0 Å². The minimum atomic E-state index is -0.701. The molecule has 0 spiro atoms. The maximum Gasteiger partial charge on any atom is 0.163 e. The lowest BCUT2D eigenvalue weighted by atomic mass is 9.91. The van der Waals surface area contributed by atoms with Crippen molar-refractivity contribution in [3.05, 3.63) is 30.7 Å². The van der Waals surface area contributed by atoms with Gasteiger partial charge in [0.25, 0.3) is 0 Å². The fraction of sp³-hybridized carbons (Fsp3) is 0.500. The van der Waals surface area contributed by atoms with E-state index >= 15 is 0 Å². The van der Waals surface area contributed by atoms with Gasteiger partial charge in [-0.2, -0.15) is 5.10 Å². The number of anilines is 1. The maximum absolute atomic E-state index is 10.9. The predicted molar refractivity (Wildman–Crippen MR) is 89.7 cm³/mol. The van der Waals surface area contributed by atoms with Crippen molar-refractivity contribution in [1.29, 1.82) is 0 Å². The van der Waals surface area contributed by atoms with E-state index in [2.05, 4.69) is 25.0 Å². The highest BCUT2D eigenvalue weighted by atomic mass is 16.3. The molecule has 1 aliphatic heterocycles. The van der Waals surface area contributed by atoms with Crippen molar-refractivity contribution in [2.45, 2.75) is 31.9 Å². The Kier molecular flexibility index (Phi) is 3.49. The second kappa shape index (κ2) is 5.55. The zero-order valence-corrected chi connectivity index (χ0v) is 13.9. The molecule has 8 nitrogen and oxygen atoms in total. The smallest absolute Gasteiger partial charge is 0.163 e. The van der Waals surface area contributed by atoms with Gasteiger partial charge < -0.3 is 14.6 Å². The van der Waals surface area contributed by atoms with Gasteiger partial charge in [-0.1, -0.05) is 0 Å². The molecule has 0 aliphatic carbocycles. The standard InChI is InChI=1S/C16H21N7O/c1-12-19-14-13(9-18-21(14)2)15(20-12)23-6-3-16(24,4-7-23)10-22-8-5-17-11-22/h5,8-9,11,24H,3-4,6-7,10H2,1-2H3. The molecule has 126 valence electrons. The van der Waals surface area contributed by atoms with Gasteiger partial charge in [-0.05, 0) is 19.8 Å². The van der Waals surface area contributed by atoms with Gasteiger partial charge in [0.2, 0.25) is 0 Å². The first-order chi connectivity index (χ1) is 11.5. The Bertz CT molecular complexity index is 847. The molecule has 24 heavy (non-hydrogen) atoms. The summed E-state index contributed by atoms with van der Waals surface area (Å²) in [6.45, 7) is 3.98. The molecule has 0 unspecified atom stereocenters. The van der Waals surface area contributed by atoms with Crippen LogP contribution in [-0.2, 0) is 13.6 Å². The summed E-state index contributed by atoms with van der Waals surface area (Å²) in [4.78, 5) is 15.4. The van der Waals surface area contributed by atoms with Crippen molar-refractivity contribution in [3.8, 4) is 0 Å². The highest BCUT2D eigenvalue weighted by molar-refractivity contribution is 5.87. The number of nitrogens with zero attached hydrogens (tertiary/aromatic N) is 7. The highest BCUT2D eigenvalue weighted by Crippen LogP contribution is 2.30. The third-order valence-electron chi connectivity index (χ3n) is 4.71. The van der Waals surface area contributed by atoms with Crippen LogP contribution in [-0.4, -0.2) is 53.1 Å². The Morgan fingerprint density at radius 1 is 1.25 bits per heavy atom. The molecule has 4 heterocycles. The van der Waals surface area contributed by atoms with Crippen molar-refractivity contribution in [1.82, 2.24) is 29.3 Å². The molecule has 1 fully saturated rings. The van der Waals surface area contributed by atoms with Gasteiger partial charge in [0.15, 0.2) is 5.65 Å². The zero-order chi connectivity index (χ0) is 16.7. The minimum Gasteiger partial charge on any atom is -0.388 e. The average Bonchev–Trinajstić information content (AvgIpc) is 3.18. The largest absolute Gasteiger partial charge is 0.388 e. The van der Waals surface area contributed by atoms with E-state index in [1.165, 1.54) is 0 Å². The van der Waals surface area contributed by atoms with E-state index in [9.17, 15) is 5.11 Å². The van der Waals surface area contributed by atoms with Crippen LogP contribution in [0.3, 0.4) is 0 Å². The van der Waals surface area contributed by atoms with Crippen molar-refractivity contribution in [3.63, 3.8) is 0 Å². The maximum atomic E-state index is 10.9. The Morgan fingerprint density at radius 3 is 2.75 bits per heavy atom. The van der Waals surface area contributed by atoms with Gasteiger partial charge in [-0.15, -0.1) is 0 Å². The van der Waals surface area contributed by atoms with E-state index in [-0.39, 0.29) is 0 Å². The van der Waals surface area contributed by atoms with Crippen molar-refractivity contribution in [2.75, 3.05) is 18.0 Å². The van der Waals surface area contributed by atoms with Gasteiger partial charge in [0.1, 0.15) is 11.6 Å². The monoisotopic (exact) mass is 327 g/mol. The first-order valence-corrected chi connectivity index (χ1v) is 8.13. The minimum absolute atomic E-state index is 0.575. The number of aliphatic hydroxyl groups is 1. The third-order valence-corrected chi connectivity index (χ3v) is 4.71. The van der Waals surface area contributed by atoms with E-state index < -0.39 is 5.60 Å². The summed E-state index contributed by atoms with van der Waals surface area (Å²) in [5.74, 6) is 1.65. The second-order valence-electron chi connectivity index (χ2n) is 6.55. The first kappa shape index (κ1) is 15.1. The predicted octanol–water partition coefficient (Wildman–Crippen LogP) is 0.900. The Morgan fingerprint density at radius 2 is 2.04 bits per heavy atom. The van der Waals surface area contributed by atoms with E-state index in [0.717, 1.165) is 35.8 Å². The van der Waals surface area contributed by atoms with Crippen molar-refractivity contribution >= 4 is 16.9 Å². The van der Waals surface area contributed by atoms with E-state index in [1.807, 2.05) is 30.9 Å². The molecule has 0 bridgehead atoms. The molecule has 0 saturated carbocycles. The van der Waals surface area contributed by atoms with Crippen LogP contribution in [0.2, 0.25) is 0 Å². The lowest BCUT2D eigenvalue weighted by Gasteiger charge is -2.39. The van der Waals surface area contributed by atoms with Crippen LogP contribution in [0.25, 0.3) is 11.0 Å². The molecule has 0 amide bonds. The van der Waals surface area contributed by atoms with Crippen LogP contribution in [0.15, 0.2) is 24.9 Å². The number of hydrogen-bond donors (Lipinski definition) is 1. The van der Waals surface area contributed by atoms with Gasteiger partial charge in [0, 0.05) is 32.5 Å². The first-order valence-electron chi connectivity index (χ1n) is 8.13. The fourth-order valence-electron chi connectivity index (χ4n) is 3.37. The summed E-state index contributed by atoms with van der Waals surface area (Å²) >= 11 is 0. The number of aryl methyl sites for hydroxylation is 2. The van der Waals surface area contributed by atoms with Crippen molar-refractivity contribution < 1.29 is 5.11 Å². The molecule has 1 aliphatic rings. The van der Waals surface area contributed by atoms with E-state index in [0.29, 0.717) is 19.4 Å². The molecule has 1 saturated heterocycles. The molecule has 0 atom stereocenters. The zero-order valence-electron chi connectivity index (χ0n) is 13.9. The Balaban J connectivity index is 1.56.